The molecule has 1 atom stereocenters. The van der Waals surface area contributed by atoms with Gasteiger partial charge in [0, 0.05) is 6.04 Å². The summed E-state index contributed by atoms with van der Waals surface area (Å²) in [6.45, 7) is 1.84. The molecule has 1 aromatic rings. The number of aryl methyl sites for hydroxylation is 1. The molecule has 0 bridgehead atoms. The quantitative estimate of drug-likeness (QED) is 0.882. The van der Waals surface area contributed by atoms with E-state index >= 15 is 0 Å². The number of carbonyl (C=O) groups is 1. The van der Waals surface area contributed by atoms with Gasteiger partial charge in [-0.1, -0.05) is 12.1 Å². The third-order valence-electron chi connectivity index (χ3n) is 2.96. The molecule has 6 heteroatoms. The van der Waals surface area contributed by atoms with Crippen molar-refractivity contribution in [3.63, 3.8) is 0 Å². The van der Waals surface area contributed by atoms with Crippen molar-refractivity contribution in [2.45, 2.75) is 19.4 Å². The van der Waals surface area contributed by atoms with Gasteiger partial charge in [-0.25, -0.2) is 8.42 Å². The van der Waals surface area contributed by atoms with Crippen LogP contribution in [0.15, 0.2) is 24.3 Å². The second kappa shape index (κ2) is 5.61. The van der Waals surface area contributed by atoms with Crippen molar-refractivity contribution in [3.8, 4) is 5.75 Å². The molecule has 1 unspecified atom stereocenters. The average Bonchev–Trinajstić information content (AvgIpc) is 2.66. The van der Waals surface area contributed by atoms with Crippen LogP contribution in [-0.4, -0.2) is 38.5 Å². The molecular formula is C13H17NO4S. The molecule has 2 rings (SSSR count). The first kappa shape index (κ1) is 13.9. The van der Waals surface area contributed by atoms with Crippen molar-refractivity contribution in [2.75, 3.05) is 18.1 Å². The molecule has 5 nitrogen and oxygen atoms in total. The van der Waals surface area contributed by atoms with Gasteiger partial charge in [-0.2, -0.15) is 0 Å². The van der Waals surface area contributed by atoms with E-state index in [2.05, 4.69) is 5.32 Å². The molecule has 0 radical (unpaired) electrons. The van der Waals surface area contributed by atoms with E-state index in [1.807, 2.05) is 25.1 Å². The Hall–Kier alpha value is -1.56. The average molecular weight is 283 g/mol. The van der Waals surface area contributed by atoms with Crippen molar-refractivity contribution in [1.29, 1.82) is 0 Å². The summed E-state index contributed by atoms with van der Waals surface area (Å²) in [7, 11) is -2.97. The molecule has 1 N–H and O–H groups in total. The number of sulfone groups is 1. The van der Waals surface area contributed by atoms with E-state index in [0.29, 0.717) is 12.2 Å². The van der Waals surface area contributed by atoms with Gasteiger partial charge in [-0.05, 0) is 31.0 Å². The van der Waals surface area contributed by atoms with Crippen LogP contribution < -0.4 is 10.1 Å². The highest BCUT2D eigenvalue weighted by Gasteiger charge is 2.28. The first-order chi connectivity index (χ1) is 8.94. The summed E-state index contributed by atoms with van der Waals surface area (Å²) in [5.41, 5.74) is 1.06. The summed E-state index contributed by atoms with van der Waals surface area (Å²) in [6, 6.07) is 7.13. The minimum atomic E-state index is -2.97. The lowest BCUT2D eigenvalue weighted by atomic mass is 10.2. The number of hydrogen-bond acceptors (Lipinski definition) is 4. The maximum atomic E-state index is 11.6. The summed E-state index contributed by atoms with van der Waals surface area (Å²) in [6.07, 6.45) is 0.485. The predicted molar refractivity (Wildman–Crippen MR) is 71.9 cm³/mol. The van der Waals surface area contributed by atoms with E-state index in [4.69, 9.17) is 4.74 Å². The Bertz CT molecular complexity index is 568. The summed E-state index contributed by atoms with van der Waals surface area (Å²) in [5, 5.41) is 2.68. The maximum absolute atomic E-state index is 11.6. The van der Waals surface area contributed by atoms with Crippen LogP contribution in [0, 0.1) is 6.92 Å². The van der Waals surface area contributed by atoms with Gasteiger partial charge in [0.2, 0.25) is 0 Å². The molecule has 1 aliphatic heterocycles. The van der Waals surface area contributed by atoms with Gasteiger partial charge in [-0.15, -0.1) is 0 Å². The zero-order valence-electron chi connectivity index (χ0n) is 10.8. The van der Waals surface area contributed by atoms with Gasteiger partial charge in [0.05, 0.1) is 11.5 Å². The van der Waals surface area contributed by atoms with Crippen LogP contribution in [0.2, 0.25) is 0 Å². The number of amides is 1. The van der Waals surface area contributed by atoms with Gasteiger partial charge >= 0.3 is 0 Å². The molecule has 1 saturated heterocycles. The van der Waals surface area contributed by atoms with Gasteiger partial charge < -0.3 is 10.1 Å². The molecule has 104 valence electrons. The number of benzene rings is 1. The zero-order chi connectivity index (χ0) is 13.9. The Morgan fingerprint density at radius 3 is 2.89 bits per heavy atom. The minimum Gasteiger partial charge on any atom is -0.484 e. The summed E-state index contributed by atoms with van der Waals surface area (Å²) in [4.78, 5) is 11.6. The van der Waals surface area contributed by atoms with E-state index in [9.17, 15) is 13.2 Å². The van der Waals surface area contributed by atoms with Crippen LogP contribution in [0.1, 0.15) is 12.0 Å². The molecule has 0 saturated carbocycles. The lowest BCUT2D eigenvalue weighted by Crippen LogP contribution is -2.38. The second-order valence-electron chi connectivity index (χ2n) is 4.77. The summed E-state index contributed by atoms with van der Waals surface area (Å²) < 4.78 is 27.9. The Balaban J connectivity index is 1.79. The summed E-state index contributed by atoms with van der Waals surface area (Å²) in [5.74, 6) is 0.526. The van der Waals surface area contributed by atoms with E-state index < -0.39 is 9.84 Å². The van der Waals surface area contributed by atoms with E-state index in [1.54, 1.807) is 6.07 Å². The second-order valence-corrected chi connectivity index (χ2v) is 7.00. The number of carbonyl (C=O) groups excluding carboxylic acids is 1. The highest BCUT2D eigenvalue weighted by atomic mass is 32.2. The van der Waals surface area contributed by atoms with E-state index in [-0.39, 0.29) is 30.1 Å². The van der Waals surface area contributed by atoms with Gasteiger partial charge in [0.25, 0.3) is 5.91 Å². The Labute approximate surface area is 112 Å². The lowest BCUT2D eigenvalue weighted by Gasteiger charge is -2.11. The topological polar surface area (TPSA) is 72.5 Å². The first-order valence-corrected chi connectivity index (χ1v) is 7.96. The third kappa shape index (κ3) is 4.24. The molecule has 1 aliphatic rings. The smallest absolute Gasteiger partial charge is 0.258 e. The fourth-order valence-electron chi connectivity index (χ4n) is 2.03. The monoisotopic (exact) mass is 283 g/mol. The Morgan fingerprint density at radius 2 is 2.26 bits per heavy atom. The first-order valence-electron chi connectivity index (χ1n) is 6.14. The fourth-order valence-corrected chi connectivity index (χ4v) is 3.71. The highest BCUT2D eigenvalue weighted by Crippen LogP contribution is 2.13. The van der Waals surface area contributed by atoms with Crippen molar-refractivity contribution >= 4 is 15.7 Å². The van der Waals surface area contributed by atoms with Gasteiger partial charge in [0.1, 0.15) is 5.75 Å². The molecule has 19 heavy (non-hydrogen) atoms. The van der Waals surface area contributed by atoms with E-state index in [0.717, 1.165) is 5.56 Å². The molecular weight excluding hydrogens is 266 g/mol. The van der Waals surface area contributed by atoms with E-state index in [1.165, 1.54) is 0 Å². The SMILES string of the molecule is Cc1cccc(OCC(=O)NC2CCS(=O)(=O)C2)c1. The highest BCUT2D eigenvalue weighted by molar-refractivity contribution is 7.91. The molecule has 0 aromatic heterocycles. The fraction of sp³-hybridized carbons (Fsp3) is 0.462. The third-order valence-corrected chi connectivity index (χ3v) is 4.72. The zero-order valence-corrected chi connectivity index (χ0v) is 11.6. The van der Waals surface area contributed by atoms with Crippen molar-refractivity contribution in [1.82, 2.24) is 5.32 Å². The molecule has 0 spiro atoms. The molecule has 1 fully saturated rings. The van der Waals surface area contributed by atoms with Gasteiger partial charge in [0.15, 0.2) is 16.4 Å². The van der Waals surface area contributed by atoms with Crippen molar-refractivity contribution < 1.29 is 17.9 Å². The number of hydrogen-bond donors (Lipinski definition) is 1. The van der Waals surface area contributed by atoms with Gasteiger partial charge in [-0.3, -0.25) is 4.79 Å². The van der Waals surface area contributed by atoms with Crippen LogP contribution in [0.4, 0.5) is 0 Å². The Morgan fingerprint density at radius 1 is 1.47 bits per heavy atom. The normalized spacial score (nSPS) is 21.0. The molecule has 1 aromatic carbocycles. The summed E-state index contributed by atoms with van der Waals surface area (Å²) >= 11 is 0. The minimum absolute atomic E-state index is 0.0309. The van der Waals surface area contributed by atoms with Crippen LogP contribution in [-0.2, 0) is 14.6 Å². The van der Waals surface area contributed by atoms with Crippen LogP contribution in [0.5, 0.6) is 5.75 Å². The van der Waals surface area contributed by atoms with Crippen molar-refractivity contribution in [3.05, 3.63) is 29.8 Å². The number of nitrogens with one attached hydrogen (secondary N) is 1. The molecule has 1 heterocycles. The number of rotatable bonds is 4. The standard InChI is InChI=1S/C13H17NO4S/c1-10-3-2-4-12(7-10)18-8-13(15)14-11-5-6-19(16,17)9-11/h2-4,7,11H,5-6,8-9H2,1H3,(H,14,15). The lowest BCUT2D eigenvalue weighted by molar-refractivity contribution is -0.123. The largest absolute Gasteiger partial charge is 0.484 e. The molecule has 1 amide bonds. The van der Waals surface area contributed by atoms with Crippen LogP contribution in [0.3, 0.4) is 0 Å². The number of ether oxygens (including phenoxy) is 1. The maximum Gasteiger partial charge on any atom is 0.258 e. The molecule has 0 aliphatic carbocycles. The van der Waals surface area contributed by atoms with Crippen LogP contribution >= 0.6 is 0 Å². The predicted octanol–water partition coefficient (Wildman–Crippen LogP) is 0.677. The van der Waals surface area contributed by atoms with Crippen molar-refractivity contribution in [2.24, 2.45) is 0 Å². The van der Waals surface area contributed by atoms with Crippen LogP contribution in [0.25, 0.3) is 0 Å². The Kier molecular flexibility index (Phi) is 4.09.